The van der Waals surface area contributed by atoms with E-state index in [0.717, 1.165) is 17.1 Å². The molecular weight excluding hydrogens is 274 g/mol. The van der Waals surface area contributed by atoms with Gasteiger partial charge in [-0.15, -0.1) is 11.3 Å². The fourth-order valence-electron chi connectivity index (χ4n) is 1.93. The molecule has 0 unspecified atom stereocenters. The predicted octanol–water partition coefficient (Wildman–Crippen LogP) is 3.26. The highest BCUT2D eigenvalue weighted by molar-refractivity contribution is 7.12. The van der Waals surface area contributed by atoms with E-state index >= 15 is 0 Å². The van der Waals surface area contributed by atoms with Crippen LogP contribution in [-0.2, 0) is 0 Å². The summed E-state index contributed by atoms with van der Waals surface area (Å²) in [6, 6.07) is 9.03. The summed E-state index contributed by atoms with van der Waals surface area (Å²) in [6.45, 7) is 1.92. The second kappa shape index (κ2) is 6.43. The van der Waals surface area contributed by atoms with Crippen molar-refractivity contribution in [1.29, 1.82) is 0 Å². The Hall–Kier alpha value is -2.01. The summed E-state index contributed by atoms with van der Waals surface area (Å²) in [4.78, 5) is 12.8. The zero-order valence-electron chi connectivity index (χ0n) is 11.7. The molecule has 0 bridgehead atoms. The van der Waals surface area contributed by atoms with Crippen molar-refractivity contribution in [3.05, 3.63) is 46.2 Å². The Labute approximate surface area is 122 Å². The lowest BCUT2D eigenvalue weighted by atomic mass is 10.1. The predicted molar refractivity (Wildman–Crippen MR) is 79.7 cm³/mol. The fourth-order valence-corrected chi connectivity index (χ4v) is 2.56. The lowest BCUT2D eigenvalue weighted by Gasteiger charge is -2.17. The molecule has 1 atom stereocenters. The first-order valence-corrected chi connectivity index (χ1v) is 7.10. The van der Waals surface area contributed by atoms with Gasteiger partial charge in [0.05, 0.1) is 25.1 Å². The van der Waals surface area contributed by atoms with Crippen molar-refractivity contribution in [2.45, 2.75) is 13.0 Å². The van der Waals surface area contributed by atoms with E-state index in [4.69, 9.17) is 9.47 Å². The van der Waals surface area contributed by atoms with Crippen LogP contribution in [0.2, 0.25) is 0 Å². The number of carbonyl (C=O) groups excluding carboxylic acids is 1. The molecule has 2 rings (SSSR count). The number of methoxy groups -OCH3 is 2. The maximum absolute atomic E-state index is 12.1. The summed E-state index contributed by atoms with van der Waals surface area (Å²) < 4.78 is 10.5. The molecule has 1 aromatic carbocycles. The van der Waals surface area contributed by atoms with Crippen molar-refractivity contribution >= 4 is 17.2 Å². The van der Waals surface area contributed by atoms with Crippen molar-refractivity contribution in [2.24, 2.45) is 0 Å². The monoisotopic (exact) mass is 291 g/mol. The Balaban J connectivity index is 2.19. The number of rotatable bonds is 5. The Morgan fingerprint density at radius 3 is 2.65 bits per heavy atom. The van der Waals surface area contributed by atoms with Gasteiger partial charge in [-0.2, -0.15) is 0 Å². The van der Waals surface area contributed by atoms with Gasteiger partial charge in [0, 0.05) is 5.56 Å². The lowest BCUT2D eigenvalue weighted by Crippen LogP contribution is -2.26. The van der Waals surface area contributed by atoms with E-state index in [1.165, 1.54) is 11.3 Å². The van der Waals surface area contributed by atoms with Crippen LogP contribution in [0, 0.1) is 0 Å². The number of nitrogens with one attached hydrogen (secondary N) is 1. The maximum Gasteiger partial charge on any atom is 0.261 e. The smallest absolute Gasteiger partial charge is 0.261 e. The van der Waals surface area contributed by atoms with E-state index < -0.39 is 0 Å². The summed E-state index contributed by atoms with van der Waals surface area (Å²) in [7, 11) is 3.22. The van der Waals surface area contributed by atoms with Crippen LogP contribution >= 0.6 is 11.3 Å². The summed E-state index contributed by atoms with van der Waals surface area (Å²) in [5, 5.41) is 4.84. The summed E-state index contributed by atoms with van der Waals surface area (Å²) >= 11 is 1.42. The Kier molecular flexibility index (Phi) is 4.63. The number of amides is 1. The number of hydrogen-bond donors (Lipinski definition) is 1. The zero-order chi connectivity index (χ0) is 14.5. The van der Waals surface area contributed by atoms with Crippen LogP contribution in [0.1, 0.15) is 28.2 Å². The standard InChI is InChI=1S/C15H17NO3S/c1-10(16-15(17)14-5-4-8-20-14)12-9-11(18-2)6-7-13(12)19-3/h4-10H,1-3H3,(H,16,17)/t10-/m1/s1. The molecule has 0 saturated carbocycles. The Morgan fingerprint density at radius 2 is 2.05 bits per heavy atom. The van der Waals surface area contributed by atoms with Gasteiger partial charge in [-0.1, -0.05) is 6.07 Å². The van der Waals surface area contributed by atoms with Gasteiger partial charge in [-0.3, -0.25) is 4.79 Å². The van der Waals surface area contributed by atoms with Gasteiger partial charge in [0.1, 0.15) is 11.5 Å². The van der Waals surface area contributed by atoms with Gasteiger partial charge >= 0.3 is 0 Å². The molecule has 1 heterocycles. The zero-order valence-corrected chi connectivity index (χ0v) is 12.5. The minimum atomic E-state index is -0.172. The molecule has 0 saturated heterocycles. The van der Waals surface area contributed by atoms with Crippen molar-refractivity contribution < 1.29 is 14.3 Å². The minimum absolute atomic E-state index is 0.0858. The molecule has 2 aromatic rings. The Bertz CT molecular complexity index is 581. The highest BCUT2D eigenvalue weighted by Gasteiger charge is 2.16. The van der Waals surface area contributed by atoms with E-state index in [2.05, 4.69) is 5.32 Å². The second-order valence-corrected chi connectivity index (χ2v) is 5.23. The third-order valence-corrected chi connectivity index (χ3v) is 3.86. The number of benzene rings is 1. The van der Waals surface area contributed by atoms with Crippen LogP contribution in [0.15, 0.2) is 35.7 Å². The van der Waals surface area contributed by atoms with Crippen LogP contribution in [0.5, 0.6) is 11.5 Å². The van der Waals surface area contributed by atoms with Crippen LogP contribution in [0.3, 0.4) is 0 Å². The van der Waals surface area contributed by atoms with Gasteiger partial charge in [-0.05, 0) is 36.6 Å². The van der Waals surface area contributed by atoms with Gasteiger partial charge in [0.2, 0.25) is 0 Å². The number of ether oxygens (including phenoxy) is 2. The van der Waals surface area contributed by atoms with E-state index in [0.29, 0.717) is 4.88 Å². The van der Waals surface area contributed by atoms with E-state index in [-0.39, 0.29) is 11.9 Å². The molecule has 1 N–H and O–H groups in total. The summed E-state index contributed by atoms with van der Waals surface area (Å²) in [5.41, 5.74) is 0.886. The second-order valence-electron chi connectivity index (χ2n) is 4.28. The van der Waals surface area contributed by atoms with E-state index in [9.17, 15) is 4.79 Å². The van der Waals surface area contributed by atoms with E-state index in [1.54, 1.807) is 20.3 Å². The average Bonchev–Trinajstić information content (AvgIpc) is 3.00. The molecule has 0 aliphatic carbocycles. The molecule has 5 heteroatoms. The van der Waals surface area contributed by atoms with Gasteiger partial charge in [-0.25, -0.2) is 0 Å². The molecule has 106 valence electrons. The largest absolute Gasteiger partial charge is 0.497 e. The third kappa shape index (κ3) is 3.11. The molecule has 1 aromatic heterocycles. The molecule has 0 aliphatic rings. The van der Waals surface area contributed by atoms with Crippen LogP contribution < -0.4 is 14.8 Å². The number of carbonyl (C=O) groups is 1. The van der Waals surface area contributed by atoms with Gasteiger partial charge in [0.15, 0.2) is 0 Å². The SMILES string of the molecule is COc1ccc(OC)c([C@@H](C)NC(=O)c2cccs2)c1. The van der Waals surface area contributed by atoms with Crippen molar-refractivity contribution in [2.75, 3.05) is 14.2 Å². The summed E-state index contributed by atoms with van der Waals surface area (Å²) in [6.07, 6.45) is 0. The molecule has 0 fully saturated rings. The molecule has 0 aliphatic heterocycles. The molecular formula is C15H17NO3S. The van der Waals surface area contributed by atoms with Crippen molar-refractivity contribution in [1.82, 2.24) is 5.32 Å². The lowest BCUT2D eigenvalue weighted by molar-refractivity contribution is 0.0943. The van der Waals surface area contributed by atoms with Gasteiger partial charge < -0.3 is 14.8 Å². The fraction of sp³-hybridized carbons (Fsp3) is 0.267. The quantitative estimate of drug-likeness (QED) is 0.920. The highest BCUT2D eigenvalue weighted by atomic mass is 32.1. The Morgan fingerprint density at radius 1 is 1.25 bits per heavy atom. The molecule has 0 spiro atoms. The average molecular weight is 291 g/mol. The van der Waals surface area contributed by atoms with Crippen LogP contribution in [0.4, 0.5) is 0 Å². The molecule has 0 radical (unpaired) electrons. The third-order valence-electron chi connectivity index (χ3n) is 3.00. The van der Waals surface area contributed by atoms with Crippen molar-refractivity contribution in [3.63, 3.8) is 0 Å². The number of thiophene rings is 1. The normalized spacial score (nSPS) is 11.8. The first-order valence-electron chi connectivity index (χ1n) is 6.22. The van der Waals surface area contributed by atoms with Crippen molar-refractivity contribution in [3.8, 4) is 11.5 Å². The van der Waals surface area contributed by atoms with E-state index in [1.807, 2.05) is 36.6 Å². The van der Waals surface area contributed by atoms with Crippen LogP contribution in [0.25, 0.3) is 0 Å². The molecule has 1 amide bonds. The highest BCUT2D eigenvalue weighted by Crippen LogP contribution is 2.29. The van der Waals surface area contributed by atoms with Gasteiger partial charge in [0.25, 0.3) is 5.91 Å². The molecule has 20 heavy (non-hydrogen) atoms. The molecule has 4 nitrogen and oxygen atoms in total. The minimum Gasteiger partial charge on any atom is -0.497 e. The summed E-state index contributed by atoms with van der Waals surface area (Å²) in [5.74, 6) is 1.38. The number of hydrogen-bond acceptors (Lipinski definition) is 4. The first kappa shape index (κ1) is 14.4. The van der Waals surface area contributed by atoms with Crippen LogP contribution in [-0.4, -0.2) is 20.1 Å². The first-order chi connectivity index (χ1) is 9.65. The topological polar surface area (TPSA) is 47.6 Å². The maximum atomic E-state index is 12.1.